The minimum atomic E-state index is -0.274. The van der Waals surface area contributed by atoms with Gasteiger partial charge in [-0.05, 0) is 35.1 Å². The third-order valence-corrected chi connectivity index (χ3v) is 5.55. The van der Waals surface area contributed by atoms with Gasteiger partial charge in [-0.15, -0.1) is 0 Å². The van der Waals surface area contributed by atoms with Gasteiger partial charge in [0, 0.05) is 31.6 Å². The summed E-state index contributed by atoms with van der Waals surface area (Å²) in [4.78, 5) is 27.8. The normalized spacial score (nSPS) is 10.8. The van der Waals surface area contributed by atoms with E-state index in [1.165, 1.54) is 4.57 Å². The molecular formula is C26H25N3O2. The van der Waals surface area contributed by atoms with Crippen LogP contribution in [0, 0.1) is 6.92 Å². The first-order chi connectivity index (χ1) is 15.0. The molecule has 0 bridgehead atoms. The summed E-state index contributed by atoms with van der Waals surface area (Å²) in [7, 11) is 3.44. The van der Waals surface area contributed by atoms with E-state index in [1.807, 2.05) is 85.8 Å². The second-order valence-corrected chi connectivity index (χ2v) is 7.72. The van der Waals surface area contributed by atoms with Gasteiger partial charge in [0.2, 0.25) is 0 Å². The summed E-state index contributed by atoms with van der Waals surface area (Å²) in [5.41, 5.74) is 3.78. The fourth-order valence-electron chi connectivity index (χ4n) is 3.86. The molecule has 0 spiro atoms. The van der Waals surface area contributed by atoms with E-state index in [0.717, 1.165) is 27.6 Å². The highest BCUT2D eigenvalue weighted by atomic mass is 16.2. The Morgan fingerprint density at radius 2 is 1.52 bits per heavy atom. The number of aryl methyl sites for hydroxylation is 1. The molecule has 2 amide bonds. The standard InChI is InChI=1S/C26H25N3O2/c1-18-11-7-8-14-20(18)23-21-15-9-10-16-22(21)25(30)29(3)24(23)27-26(31)28(2)17-19-12-5-4-6-13-19/h4-16H,17H2,1-3H3,(H,27,31). The molecule has 4 rings (SSSR count). The van der Waals surface area contributed by atoms with Gasteiger partial charge in [0.25, 0.3) is 5.56 Å². The molecule has 1 heterocycles. The highest BCUT2D eigenvalue weighted by Crippen LogP contribution is 2.35. The largest absolute Gasteiger partial charge is 0.323 e. The average molecular weight is 412 g/mol. The van der Waals surface area contributed by atoms with Crippen LogP contribution in [0.2, 0.25) is 0 Å². The average Bonchev–Trinajstić information content (AvgIpc) is 2.79. The van der Waals surface area contributed by atoms with Crippen LogP contribution in [0.1, 0.15) is 11.1 Å². The third kappa shape index (κ3) is 3.94. The number of anilines is 1. The van der Waals surface area contributed by atoms with E-state index in [0.29, 0.717) is 17.7 Å². The van der Waals surface area contributed by atoms with Crippen molar-refractivity contribution in [3.8, 4) is 11.1 Å². The zero-order valence-corrected chi connectivity index (χ0v) is 17.9. The van der Waals surface area contributed by atoms with E-state index >= 15 is 0 Å². The van der Waals surface area contributed by atoms with Gasteiger partial charge in [-0.2, -0.15) is 0 Å². The molecule has 0 aliphatic carbocycles. The molecule has 0 saturated heterocycles. The molecule has 0 fully saturated rings. The lowest BCUT2D eigenvalue weighted by atomic mass is 9.96. The summed E-state index contributed by atoms with van der Waals surface area (Å²) < 4.78 is 1.53. The third-order valence-electron chi connectivity index (χ3n) is 5.55. The van der Waals surface area contributed by atoms with Crippen LogP contribution in [0.25, 0.3) is 21.9 Å². The molecular weight excluding hydrogens is 386 g/mol. The lowest BCUT2D eigenvalue weighted by molar-refractivity contribution is 0.220. The van der Waals surface area contributed by atoms with Crippen LogP contribution in [0.4, 0.5) is 10.6 Å². The van der Waals surface area contributed by atoms with E-state index in [4.69, 9.17) is 0 Å². The second-order valence-electron chi connectivity index (χ2n) is 7.72. The van der Waals surface area contributed by atoms with Crippen molar-refractivity contribution in [3.63, 3.8) is 0 Å². The zero-order chi connectivity index (χ0) is 22.0. The Hall–Kier alpha value is -3.86. The number of nitrogens with zero attached hydrogens (tertiary/aromatic N) is 2. The Labute approximate surface area is 181 Å². The van der Waals surface area contributed by atoms with Crippen molar-refractivity contribution in [2.24, 2.45) is 7.05 Å². The topological polar surface area (TPSA) is 54.3 Å². The molecule has 4 aromatic rings. The smallest absolute Gasteiger partial charge is 0.323 e. The molecule has 0 aliphatic heterocycles. The quantitative estimate of drug-likeness (QED) is 0.503. The molecule has 0 atom stereocenters. The van der Waals surface area contributed by atoms with Crippen molar-refractivity contribution < 1.29 is 4.79 Å². The predicted molar refractivity (Wildman–Crippen MR) is 126 cm³/mol. The first kappa shape index (κ1) is 20.4. The number of aromatic nitrogens is 1. The molecule has 0 radical (unpaired) electrons. The Morgan fingerprint density at radius 3 is 2.23 bits per heavy atom. The van der Waals surface area contributed by atoms with E-state index < -0.39 is 0 Å². The number of benzene rings is 3. The summed E-state index contributed by atoms with van der Waals surface area (Å²) in [5.74, 6) is 0.489. The number of nitrogens with one attached hydrogen (secondary N) is 1. The molecule has 0 aliphatic rings. The van der Waals surface area contributed by atoms with Crippen LogP contribution >= 0.6 is 0 Å². The Balaban J connectivity index is 1.83. The van der Waals surface area contributed by atoms with Gasteiger partial charge < -0.3 is 4.90 Å². The molecule has 3 aromatic carbocycles. The minimum Gasteiger partial charge on any atom is -0.323 e. The van der Waals surface area contributed by atoms with E-state index in [1.54, 1.807) is 19.0 Å². The maximum absolute atomic E-state index is 13.1. The molecule has 156 valence electrons. The summed E-state index contributed by atoms with van der Waals surface area (Å²) in [6.45, 7) is 2.50. The van der Waals surface area contributed by atoms with Crippen LogP contribution in [0.3, 0.4) is 0 Å². The van der Waals surface area contributed by atoms with E-state index in [-0.39, 0.29) is 11.6 Å². The number of hydrogen-bond donors (Lipinski definition) is 1. The summed E-state index contributed by atoms with van der Waals surface area (Å²) in [6.07, 6.45) is 0. The van der Waals surface area contributed by atoms with Crippen LogP contribution in [0.5, 0.6) is 0 Å². The zero-order valence-electron chi connectivity index (χ0n) is 17.9. The van der Waals surface area contributed by atoms with Gasteiger partial charge in [-0.3, -0.25) is 14.7 Å². The number of fused-ring (bicyclic) bond motifs is 1. The summed E-state index contributed by atoms with van der Waals surface area (Å²) in [5, 5.41) is 4.45. The van der Waals surface area contributed by atoms with Gasteiger partial charge in [-0.25, -0.2) is 4.79 Å². The number of carbonyl (C=O) groups is 1. The van der Waals surface area contributed by atoms with Gasteiger partial charge in [-0.1, -0.05) is 72.8 Å². The summed E-state index contributed by atoms with van der Waals surface area (Å²) >= 11 is 0. The number of rotatable bonds is 4. The number of hydrogen-bond acceptors (Lipinski definition) is 2. The number of urea groups is 1. The number of amides is 2. The Bertz CT molecular complexity index is 1310. The molecule has 0 unspecified atom stereocenters. The fraction of sp³-hybridized carbons (Fsp3) is 0.154. The van der Waals surface area contributed by atoms with Crippen LogP contribution < -0.4 is 10.9 Å². The van der Waals surface area contributed by atoms with Gasteiger partial charge in [0.1, 0.15) is 5.82 Å². The SMILES string of the molecule is Cc1ccccc1-c1c(NC(=O)N(C)Cc2ccccc2)n(C)c(=O)c2ccccc12. The van der Waals surface area contributed by atoms with Gasteiger partial charge in [0.15, 0.2) is 0 Å². The lowest BCUT2D eigenvalue weighted by Gasteiger charge is -2.23. The number of pyridine rings is 1. The van der Waals surface area contributed by atoms with E-state index in [9.17, 15) is 9.59 Å². The van der Waals surface area contributed by atoms with Crippen molar-refractivity contribution in [3.05, 3.63) is 100 Å². The first-order valence-corrected chi connectivity index (χ1v) is 10.2. The highest BCUT2D eigenvalue weighted by Gasteiger charge is 2.20. The van der Waals surface area contributed by atoms with Gasteiger partial charge >= 0.3 is 6.03 Å². The van der Waals surface area contributed by atoms with Crippen molar-refractivity contribution in [1.82, 2.24) is 9.47 Å². The Kier molecular flexibility index (Phi) is 5.58. The number of carbonyl (C=O) groups excluding carboxylic acids is 1. The molecule has 5 heteroatoms. The molecule has 31 heavy (non-hydrogen) atoms. The van der Waals surface area contributed by atoms with E-state index in [2.05, 4.69) is 5.32 Å². The second kappa shape index (κ2) is 8.48. The maximum atomic E-state index is 13.1. The van der Waals surface area contributed by atoms with Crippen molar-refractivity contribution in [2.45, 2.75) is 13.5 Å². The van der Waals surface area contributed by atoms with Crippen LogP contribution in [-0.2, 0) is 13.6 Å². The van der Waals surface area contributed by atoms with Crippen molar-refractivity contribution in [2.75, 3.05) is 12.4 Å². The molecule has 0 saturated carbocycles. The molecule has 5 nitrogen and oxygen atoms in total. The highest BCUT2D eigenvalue weighted by molar-refractivity contribution is 6.05. The minimum absolute atomic E-state index is 0.144. The lowest BCUT2D eigenvalue weighted by Crippen LogP contribution is -2.33. The molecule has 1 N–H and O–H groups in total. The summed E-state index contributed by atoms with van der Waals surface area (Å²) in [6, 6.07) is 25.1. The first-order valence-electron chi connectivity index (χ1n) is 10.2. The van der Waals surface area contributed by atoms with Crippen LogP contribution in [0.15, 0.2) is 83.7 Å². The monoisotopic (exact) mass is 411 g/mol. The van der Waals surface area contributed by atoms with Crippen molar-refractivity contribution >= 4 is 22.6 Å². The molecule has 1 aromatic heterocycles. The van der Waals surface area contributed by atoms with Crippen molar-refractivity contribution in [1.29, 1.82) is 0 Å². The van der Waals surface area contributed by atoms with Gasteiger partial charge in [0.05, 0.1) is 0 Å². The Morgan fingerprint density at radius 1 is 0.903 bits per heavy atom. The van der Waals surface area contributed by atoms with Crippen LogP contribution in [-0.4, -0.2) is 22.5 Å². The fourth-order valence-corrected chi connectivity index (χ4v) is 3.86. The maximum Gasteiger partial charge on any atom is 0.323 e. The predicted octanol–water partition coefficient (Wildman–Crippen LogP) is 5.18.